The van der Waals surface area contributed by atoms with Crippen LogP contribution in [-0.2, 0) is 0 Å². The van der Waals surface area contributed by atoms with Gasteiger partial charge in [-0.3, -0.25) is 0 Å². The fourth-order valence-corrected chi connectivity index (χ4v) is 5.68. The molecule has 172 valence electrons. The molecule has 4 heterocycles. The number of benzene rings is 2. The highest BCUT2D eigenvalue weighted by molar-refractivity contribution is 5.71. The summed E-state index contributed by atoms with van der Waals surface area (Å²) in [6.45, 7) is 2.23. The van der Waals surface area contributed by atoms with Crippen LogP contribution in [0.5, 0.6) is 0 Å². The fraction of sp³-hybridized carbons (Fsp3) is 0.357. The summed E-state index contributed by atoms with van der Waals surface area (Å²) in [6.07, 6.45) is 8.81. The smallest absolute Gasteiger partial charge is 0.123 e. The van der Waals surface area contributed by atoms with Gasteiger partial charge in [0.05, 0.1) is 35.9 Å². The quantitative estimate of drug-likeness (QED) is 0.330. The third-order valence-corrected chi connectivity index (χ3v) is 7.83. The van der Waals surface area contributed by atoms with Crippen molar-refractivity contribution in [3.63, 3.8) is 0 Å². The van der Waals surface area contributed by atoms with Gasteiger partial charge in [-0.05, 0) is 60.8 Å². The van der Waals surface area contributed by atoms with Gasteiger partial charge >= 0.3 is 0 Å². The standard InChI is InChI=1S/C28H30N6/c1-16-2-11-22(31-16)27-29-14-25(33-27)19-7-3-17(4-8-19)18-5-9-20(10-6-18)26-15-30-28(34-26)24-13-21-12-23(21)32-24/h3-10,14-16,21-24,31-32H,2,11-13H2,1H3,(H,29,33)(H,30,34)/t16-,21-,22+,23-,24+/m1/s1. The van der Waals surface area contributed by atoms with Crippen molar-refractivity contribution in [2.75, 3.05) is 0 Å². The molecule has 2 aromatic carbocycles. The van der Waals surface area contributed by atoms with E-state index in [1.54, 1.807) is 0 Å². The summed E-state index contributed by atoms with van der Waals surface area (Å²) in [5, 5.41) is 7.27. The summed E-state index contributed by atoms with van der Waals surface area (Å²) < 4.78 is 0. The summed E-state index contributed by atoms with van der Waals surface area (Å²) >= 11 is 0. The maximum absolute atomic E-state index is 4.65. The Hall–Kier alpha value is -3.22. The molecule has 3 fully saturated rings. The molecular weight excluding hydrogens is 420 g/mol. The molecule has 2 aromatic heterocycles. The van der Waals surface area contributed by atoms with E-state index >= 15 is 0 Å². The van der Waals surface area contributed by atoms with Gasteiger partial charge in [0.15, 0.2) is 0 Å². The van der Waals surface area contributed by atoms with Crippen LogP contribution in [0.3, 0.4) is 0 Å². The molecule has 2 aliphatic heterocycles. The number of aromatic nitrogens is 4. The van der Waals surface area contributed by atoms with Gasteiger partial charge in [-0.2, -0.15) is 0 Å². The van der Waals surface area contributed by atoms with Crippen molar-refractivity contribution in [2.24, 2.45) is 5.92 Å². The van der Waals surface area contributed by atoms with E-state index in [0.717, 1.165) is 47.0 Å². The van der Waals surface area contributed by atoms with Crippen molar-refractivity contribution in [2.45, 2.75) is 56.8 Å². The third-order valence-electron chi connectivity index (χ3n) is 7.83. The number of hydrogen-bond donors (Lipinski definition) is 4. The Morgan fingerprint density at radius 2 is 1.21 bits per heavy atom. The highest BCUT2D eigenvalue weighted by Crippen LogP contribution is 2.45. The minimum absolute atomic E-state index is 0.340. The van der Waals surface area contributed by atoms with Gasteiger partial charge in [0.1, 0.15) is 11.6 Å². The Balaban J connectivity index is 1.05. The molecule has 6 heteroatoms. The first-order chi connectivity index (χ1) is 16.7. The van der Waals surface area contributed by atoms with Crippen molar-refractivity contribution in [1.29, 1.82) is 0 Å². The maximum Gasteiger partial charge on any atom is 0.123 e. The van der Waals surface area contributed by atoms with Crippen LogP contribution in [-0.4, -0.2) is 32.0 Å². The molecule has 4 N–H and O–H groups in total. The second-order valence-electron chi connectivity index (χ2n) is 10.3. The predicted molar refractivity (Wildman–Crippen MR) is 134 cm³/mol. The molecule has 1 aliphatic carbocycles. The van der Waals surface area contributed by atoms with Crippen LogP contribution in [0.15, 0.2) is 60.9 Å². The number of nitrogens with zero attached hydrogens (tertiary/aromatic N) is 2. The highest BCUT2D eigenvalue weighted by atomic mass is 15.1. The van der Waals surface area contributed by atoms with E-state index in [0.29, 0.717) is 18.1 Å². The van der Waals surface area contributed by atoms with Gasteiger partial charge in [0.25, 0.3) is 0 Å². The van der Waals surface area contributed by atoms with Crippen LogP contribution in [0.1, 0.15) is 56.3 Å². The lowest BCUT2D eigenvalue weighted by Gasteiger charge is -2.09. The average molecular weight is 451 g/mol. The predicted octanol–water partition coefficient (Wildman–Crippen LogP) is 5.37. The van der Waals surface area contributed by atoms with Gasteiger partial charge in [-0.1, -0.05) is 48.5 Å². The Morgan fingerprint density at radius 1 is 0.647 bits per heavy atom. The molecule has 34 heavy (non-hydrogen) atoms. The second-order valence-corrected chi connectivity index (χ2v) is 10.3. The summed E-state index contributed by atoms with van der Waals surface area (Å²) in [4.78, 5) is 16.3. The number of imidazole rings is 2. The molecule has 7 rings (SSSR count). The third kappa shape index (κ3) is 3.67. The first-order valence-corrected chi connectivity index (χ1v) is 12.5. The lowest BCUT2D eigenvalue weighted by molar-refractivity contribution is 0.543. The monoisotopic (exact) mass is 450 g/mol. The molecule has 3 aliphatic rings. The summed E-state index contributed by atoms with van der Waals surface area (Å²) in [5.74, 6) is 2.98. The van der Waals surface area contributed by atoms with Gasteiger partial charge in [0.2, 0.25) is 0 Å². The van der Waals surface area contributed by atoms with Gasteiger partial charge in [-0.15, -0.1) is 0 Å². The van der Waals surface area contributed by atoms with Crippen molar-refractivity contribution >= 4 is 0 Å². The average Bonchev–Trinajstić information content (AvgIpc) is 3.44. The molecular formula is C28H30N6. The van der Waals surface area contributed by atoms with Crippen LogP contribution in [0, 0.1) is 5.92 Å². The second kappa shape index (κ2) is 7.93. The van der Waals surface area contributed by atoms with Gasteiger partial charge < -0.3 is 20.6 Å². The zero-order valence-electron chi connectivity index (χ0n) is 19.4. The summed E-state index contributed by atoms with van der Waals surface area (Å²) in [7, 11) is 0. The lowest BCUT2D eigenvalue weighted by atomic mass is 10.0. The van der Waals surface area contributed by atoms with Crippen LogP contribution >= 0.6 is 0 Å². The van der Waals surface area contributed by atoms with E-state index in [4.69, 9.17) is 0 Å². The number of fused-ring (bicyclic) bond motifs is 1. The summed E-state index contributed by atoms with van der Waals surface area (Å²) in [5.41, 5.74) is 6.90. The van der Waals surface area contributed by atoms with Gasteiger partial charge in [-0.25, -0.2) is 9.97 Å². The van der Waals surface area contributed by atoms with Crippen LogP contribution in [0.4, 0.5) is 0 Å². The van der Waals surface area contributed by atoms with Crippen LogP contribution in [0.25, 0.3) is 33.6 Å². The molecule has 6 nitrogen and oxygen atoms in total. The minimum atomic E-state index is 0.340. The number of hydrogen-bond acceptors (Lipinski definition) is 4. The van der Waals surface area contributed by atoms with Crippen LogP contribution in [0.2, 0.25) is 0 Å². The number of rotatable bonds is 5. The molecule has 0 amide bonds. The molecule has 1 saturated carbocycles. The van der Waals surface area contributed by atoms with E-state index in [1.807, 2.05) is 12.4 Å². The van der Waals surface area contributed by atoms with Crippen molar-refractivity contribution in [3.05, 3.63) is 72.6 Å². The summed E-state index contributed by atoms with van der Waals surface area (Å²) in [6, 6.07) is 19.5. The Morgan fingerprint density at radius 3 is 1.71 bits per heavy atom. The molecule has 4 aromatic rings. The zero-order chi connectivity index (χ0) is 22.6. The topological polar surface area (TPSA) is 81.4 Å². The van der Waals surface area contributed by atoms with Crippen molar-refractivity contribution < 1.29 is 0 Å². The first kappa shape index (κ1) is 20.2. The highest BCUT2D eigenvalue weighted by Gasteiger charge is 2.46. The van der Waals surface area contributed by atoms with Crippen LogP contribution < -0.4 is 10.6 Å². The molecule has 2 saturated heterocycles. The maximum atomic E-state index is 4.65. The van der Waals surface area contributed by atoms with E-state index in [1.165, 1.54) is 36.0 Å². The minimum Gasteiger partial charge on any atom is -0.341 e. The Labute approximate surface area is 199 Å². The van der Waals surface area contributed by atoms with E-state index in [2.05, 4.69) is 86.0 Å². The number of piperidine rings is 1. The lowest BCUT2D eigenvalue weighted by Crippen LogP contribution is -2.21. The largest absolute Gasteiger partial charge is 0.341 e. The van der Waals surface area contributed by atoms with Crippen molar-refractivity contribution in [1.82, 2.24) is 30.6 Å². The van der Waals surface area contributed by atoms with Gasteiger partial charge in [0, 0.05) is 12.1 Å². The fourth-order valence-electron chi connectivity index (χ4n) is 5.68. The molecule has 0 radical (unpaired) electrons. The Kier molecular flexibility index (Phi) is 4.71. The molecule has 0 bridgehead atoms. The zero-order valence-corrected chi connectivity index (χ0v) is 19.4. The van der Waals surface area contributed by atoms with E-state index in [-0.39, 0.29) is 0 Å². The SMILES string of the molecule is C[C@@H]1CC[C@@H](c2ncc(-c3ccc(-c4ccc(-c5cnc([C@@H]6C[C@H]7C[C@H]7N6)[nH]5)cc4)cc3)[nH]2)N1. The normalized spacial score (nSPS) is 27.7. The number of H-pyrrole nitrogens is 2. The van der Waals surface area contributed by atoms with Crippen molar-refractivity contribution in [3.8, 4) is 33.6 Å². The van der Waals surface area contributed by atoms with E-state index in [9.17, 15) is 0 Å². The first-order valence-electron chi connectivity index (χ1n) is 12.5. The van der Waals surface area contributed by atoms with E-state index < -0.39 is 0 Å². The molecule has 0 unspecified atom stereocenters. The number of nitrogens with one attached hydrogen (secondary N) is 4. The Bertz CT molecular complexity index is 1200. The number of aromatic amines is 2. The molecule has 0 spiro atoms. The molecule has 5 atom stereocenters.